The standard InChI is InChI=1S/C21H26N4O3/c1-17(26)25(15-18-7-5-6-10-22-18)16-21(27)24-13-11-23(12-14-24)19-8-3-4-9-20(19)28-2/h3-10H,11-16H2,1-2H3. The highest BCUT2D eigenvalue weighted by atomic mass is 16.5. The van der Waals surface area contributed by atoms with Crippen molar-refractivity contribution in [2.75, 3.05) is 44.7 Å². The zero-order valence-electron chi connectivity index (χ0n) is 16.4. The van der Waals surface area contributed by atoms with Gasteiger partial charge in [0.25, 0.3) is 0 Å². The van der Waals surface area contributed by atoms with Crippen molar-refractivity contribution >= 4 is 17.5 Å². The molecule has 3 rings (SSSR count). The van der Waals surface area contributed by atoms with Crippen molar-refractivity contribution in [3.05, 3.63) is 54.4 Å². The van der Waals surface area contributed by atoms with Crippen molar-refractivity contribution in [1.82, 2.24) is 14.8 Å². The van der Waals surface area contributed by atoms with Gasteiger partial charge in [-0.05, 0) is 24.3 Å². The molecule has 0 saturated carbocycles. The molecule has 28 heavy (non-hydrogen) atoms. The third kappa shape index (κ3) is 4.79. The number of aromatic nitrogens is 1. The fourth-order valence-electron chi connectivity index (χ4n) is 3.32. The SMILES string of the molecule is COc1ccccc1N1CCN(C(=O)CN(Cc2ccccn2)C(C)=O)CC1. The first-order valence-corrected chi connectivity index (χ1v) is 9.39. The van der Waals surface area contributed by atoms with Crippen molar-refractivity contribution < 1.29 is 14.3 Å². The normalized spacial score (nSPS) is 13.9. The number of carbonyl (C=O) groups excluding carboxylic acids is 2. The van der Waals surface area contributed by atoms with Crippen LogP contribution in [0.25, 0.3) is 0 Å². The largest absolute Gasteiger partial charge is 0.495 e. The Morgan fingerprint density at radius 2 is 1.79 bits per heavy atom. The third-order valence-corrected chi connectivity index (χ3v) is 4.91. The second kappa shape index (κ2) is 9.21. The number of hydrogen-bond acceptors (Lipinski definition) is 5. The summed E-state index contributed by atoms with van der Waals surface area (Å²) in [6.07, 6.45) is 1.69. The smallest absolute Gasteiger partial charge is 0.242 e. The monoisotopic (exact) mass is 382 g/mol. The van der Waals surface area contributed by atoms with E-state index in [1.54, 1.807) is 13.3 Å². The fraction of sp³-hybridized carbons (Fsp3) is 0.381. The molecule has 1 aliphatic rings. The van der Waals surface area contributed by atoms with Crippen LogP contribution in [0.5, 0.6) is 5.75 Å². The zero-order valence-corrected chi connectivity index (χ0v) is 16.4. The number of ether oxygens (including phenoxy) is 1. The van der Waals surface area contributed by atoms with E-state index in [1.165, 1.54) is 11.8 Å². The van der Waals surface area contributed by atoms with Crippen LogP contribution in [0, 0.1) is 0 Å². The predicted octanol–water partition coefficient (Wildman–Crippen LogP) is 1.79. The molecule has 0 unspecified atom stereocenters. The van der Waals surface area contributed by atoms with Crippen LogP contribution in [0.15, 0.2) is 48.7 Å². The highest BCUT2D eigenvalue weighted by Crippen LogP contribution is 2.28. The average Bonchev–Trinajstić information content (AvgIpc) is 2.74. The van der Waals surface area contributed by atoms with Crippen LogP contribution in [0.1, 0.15) is 12.6 Å². The van der Waals surface area contributed by atoms with Crippen LogP contribution in [-0.2, 0) is 16.1 Å². The number of amides is 2. The molecule has 0 aliphatic carbocycles. The summed E-state index contributed by atoms with van der Waals surface area (Å²) in [5, 5.41) is 0. The molecule has 2 heterocycles. The molecule has 1 aliphatic heterocycles. The lowest BCUT2D eigenvalue weighted by Crippen LogP contribution is -2.51. The quantitative estimate of drug-likeness (QED) is 0.762. The number of carbonyl (C=O) groups is 2. The lowest BCUT2D eigenvalue weighted by molar-refractivity contribution is -0.140. The molecule has 148 valence electrons. The van der Waals surface area contributed by atoms with E-state index in [-0.39, 0.29) is 18.4 Å². The summed E-state index contributed by atoms with van der Waals surface area (Å²) < 4.78 is 5.44. The van der Waals surface area contributed by atoms with Crippen LogP contribution in [0.4, 0.5) is 5.69 Å². The Labute approximate surface area is 165 Å². The molecule has 7 heteroatoms. The third-order valence-electron chi connectivity index (χ3n) is 4.91. The highest BCUT2D eigenvalue weighted by Gasteiger charge is 2.25. The van der Waals surface area contributed by atoms with Crippen molar-refractivity contribution in [3.8, 4) is 5.75 Å². The van der Waals surface area contributed by atoms with Gasteiger partial charge in [-0.15, -0.1) is 0 Å². The number of para-hydroxylation sites is 2. The minimum atomic E-state index is -0.133. The van der Waals surface area contributed by atoms with Crippen LogP contribution in [0.3, 0.4) is 0 Å². The van der Waals surface area contributed by atoms with Crippen LogP contribution < -0.4 is 9.64 Å². The Bertz CT molecular complexity index is 804. The number of rotatable bonds is 6. The molecule has 1 saturated heterocycles. The molecule has 0 atom stereocenters. The van der Waals surface area contributed by atoms with Crippen LogP contribution in [-0.4, -0.2) is 66.4 Å². The van der Waals surface area contributed by atoms with Gasteiger partial charge in [0, 0.05) is 39.3 Å². The summed E-state index contributed by atoms with van der Waals surface area (Å²) in [4.78, 5) is 34.5. The summed E-state index contributed by atoms with van der Waals surface area (Å²) in [7, 11) is 1.66. The van der Waals surface area contributed by atoms with Crippen LogP contribution >= 0.6 is 0 Å². The Morgan fingerprint density at radius 1 is 1.07 bits per heavy atom. The number of anilines is 1. The Hall–Kier alpha value is -3.09. The number of piperazine rings is 1. The Morgan fingerprint density at radius 3 is 2.43 bits per heavy atom. The first-order valence-electron chi connectivity index (χ1n) is 9.39. The van der Waals surface area contributed by atoms with Crippen molar-refractivity contribution in [2.45, 2.75) is 13.5 Å². The summed E-state index contributed by atoms with van der Waals surface area (Å²) >= 11 is 0. The lowest BCUT2D eigenvalue weighted by Gasteiger charge is -2.37. The summed E-state index contributed by atoms with van der Waals surface area (Å²) in [6.45, 7) is 4.58. The highest BCUT2D eigenvalue weighted by molar-refractivity contribution is 5.84. The van der Waals surface area contributed by atoms with E-state index in [4.69, 9.17) is 4.74 Å². The van der Waals surface area contributed by atoms with E-state index in [9.17, 15) is 9.59 Å². The van der Waals surface area contributed by atoms with E-state index >= 15 is 0 Å². The first kappa shape index (κ1) is 19.7. The van der Waals surface area contributed by atoms with Gasteiger partial charge in [-0.1, -0.05) is 18.2 Å². The van der Waals surface area contributed by atoms with Gasteiger partial charge >= 0.3 is 0 Å². The molecule has 0 radical (unpaired) electrons. The van der Waals surface area contributed by atoms with Crippen molar-refractivity contribution in [2.24, 2.45) is 0 Å². The first-order chi connectivity index (χ1) is 13.6. The summed E-state index contributed by atoms with van der Waals surface area (Å²) in [5.74, 6) is 0.665. The Balaban J connectivity index is 1.57. The van der Waals surface area contributed by atoms with Gasteiger partial charge in [-0.2, -0.15) is 0 Å². The van der Waals surface area contributed by atoms with Crippen molar-refractivity contribution in [1.29, 1.82) is 0 Å². The Kier molecular flexibility index (Phi) is 6.47. The summed E-state index contributed by atoms with van der Waals surface area (Å²) in [6, 6.07) is 13.5. The molecule has 2 amide bonds. The molecule has 0 bridgehead atoms. The molecule has 1 aromatic carbocycles. The molecular formula is C21H26N4O3. The number of methoxy groups -OCH3 is 1. The van der Waals surface area contributed by atoms with E-state index in [0.29, 0.717) is 19.6 Å². The molecule has 7 nitrogen and oxygen atoms in total. The molecular weight excluding hydrogens is 356 g/mol. The fourth-order valence-corrected chi connectivity index (χ4v) is 3.32. The molecule has 1 aromatic heterocycles. The van der Waals surface area contributed by atoms with Gasteiger partial charge in [0.2, 0.25) is 11.8 Å². The lowest BCUT2D eigenvalue weighted by atomic mass is 10.2. The molecule has 0 N–H and O–H groups in total. The van der Waals surface area contributed by atoms with Crippen LogP contribution in [0.2, 0.25) is 0 Å². The average molecular weight is 382 g/mol. The molecule has 0 spiro atoms. The van der Waals surface area contributed by atoms with E-state index in [0.717, 1.165) is 30.2 Å². The summed E-state index contributed by atoms with van der Waals surface area (Å²) in [5.41, 5.74) is 1.81. The minimum Gasteiger partial charge on any atom is -0.495 e. The number of nitrogens with zero attached hydrogens (tertiary/aromatic N) is 4. The molecule has 1 fully saturated rings. The zero-order chi connectivity index (χ0) is 19.9. The topological polar surface area (TPSA) is 66.0 Å². The molecule has 2 aromatic rings. The van der Waals surface area contributed by atoms with Gasteiger partial charge in [0.05, 0.1) is 25.0 Å². The second-order valence-electron chi connectivity index (χ2n) is 6.74. The minimum absolute atomic E-state index is 0.0363. The maximum Gasteiger partial charge on any atom is 0.242 e. The van der Waals surface area contributed by atoms with Gasteiger partial charge in [0.1, 0.15) is 12.3 Å². The number of hydrogen-bond donors (Lipinski definition) is 0. The van der Waals surface area contributed by atoms with E-state index in [2.05, 4.69) is 9.88 Å². The van der Waals surface area contributed by atoms with Crippen molar-refractivity contribution in [3.63, 3.8) is 0 Å². The van der Waals surface area contributed by atoms with Gasteiger partial charge in [-0.3, -0.25) is 14.6 Å². The van der Waals surface area contributed by atoms with Gasteiger partial charge < -0.3 is 19.4 Å². The van der Waals surface area contributed by atoms with Gasteiger partial charge in [0.15, 0.2) is 0 Å². The van der Waals surface area contributed by atoms with E-state index in [1.807, 2.05) is 47.4 Å². The maximum atomic E-state index is 12.7. The second-order valence-corrected chi connectivity index (χ2v) is 6.74. The van der Waals surface area contributed by atoms with E-state index < -0.39 is 0 Å². The predicted molar refractivity (Wildman–Crippen MR) is 107 cm³/mol. The number of pyridine rings is 1. The number of benzene rings is 1. The van der Waals surface area contributed by atoms with Gasteiger partial charge in [-0.25, -0.2) is 0 Å². The maximum absolute atomic E-state index is 12.7.